The number of rotatable bonds is 4. The Labute approximate surface area is 153 Å². The molecule has 1 fully saturated rings. The number of carbonyl (C=O) groups excluding carboxylic acids is 2. The van der Waals surface area contributed by atoms with Crippen LogP contribution in [0.5, 0.6) is 0 Å². The molecule has 140 valence electrons. The first-order chi connectivity index (χ1) is 12.2. The van der Waals surface area contributed by atoms with E-state index in [2.05, 4.69) is 6.92 Å². The highest BCUT2D eigenvalue weighted by molar-refractivity contribution is 5.94. The number of carbonyl (C=O) groups is 3. The summed E-state index contributed by atoms with van der Waals surface area (Å²) < 4.78 is 5.21. The number of fused-ring (bicyclic) bond motifs is 3. The third-order valence-corrected chi connectivity index (χ3v) is 6.54. The smallest absolute Gasteiger partial charge is 0.313 e. The number of carboxylic acids is 1. The summed E-state index contributed by atoms with van der Waals surface area (Å²) in [6.45, 7) is 4.94. The number of aryl methyl sites for hydroxylation is 1. The van der Waals surface area contributed by atoms with Crippen LogP contribution in [0, 0.1) is 11.3 Å². The van der Waals surface area contributed by atoms with Crippen LogP contribution in [-0.4, -0.2) is 29.4 Å². The number of carboxylic acid groups (broad SMARTS) is 1. The summed E-state index contributed by atoms with van der Waals surface area (Å²) in [6.07, 6.45) is 3.66. The van der Waals surface area contributed by atoms with Crippen molar-refractivity contribution >= 4 is 17.7 Å². The Morgan fingerprint density at radius 1 is 1.23 bits per heavy atom. The summed E-state index contributed by atoms with van der Waals surface area (Å²) in [5.74, 6) is -1.38. The van der Waals surface area contributed by atoms with E-state index < -0.39 is 17.4 Å². The second kappa shape index (κ2) is 6.53. The Balaban J connectivity index is 2.05. The molecule has 1 saturated carbocycles. The molecule has 1 aromatic rings. The van der Waals surface area contributed by atoms with Gasteiger partial charge in [0.2, 0.25) is 0 Å². The average Bonchev–Trinajstić information content (AvgIpc) is 2.58. The Bertz CT molecular complexity index is 768. The van der Waals surface area contributed by atoms with Crippen LogP contribution >= 0.6 is 0 Å². The first-order valence-electron chi connectivity index (χ1n) is 9.22. The zero-order valence-corrected chi connectivity index (χ0v) is 15.6. The van der Waals surface area contributed by atoms with E-state index in [1.54, 1.807) is 6.92 Å². The zero-order valence-electron chi connectivity index (χ0n) is 15.6. The molecule has 3 rings (SSSR count). The Morgan fingerprint density at radius 2 is 1.96 bits per heavy atom. The highest BCUT2D eigenvalue weighted by Gasteiger charge is 2.58. The topological polar surface area (TPSA) is 80.7 Å². The maximum atomic E-state index is 12.3. The standard InChI is InChI=1S/C21H26O5/c1-13(22)15-5-7-17-16(11-15)6-8-18-20(17,3)9-4-10-21(18,19(24)25)12-26-14(2)23/h5,7,11,18H,4,6,8-10,12H2,1-3H3,(H,24,25)/t18?,20-,21-/m1/s1. The minimum Gasteiger partial charge on any atom is -0.481 e. The third-order valence-electron chi connectivity index (χ3n) is 6.54. The van der Waals surface area contributed by atoms with Gasteiger partial charge in [-0.2, -0.15) is 0 Å². The number of ether oxygens (including phenoxy) is 1. The lowest BCUT2D eigenvalue weighted by molar-refractivity contribution is -0.170. The number of esters is 1. The number of Topliss-reactive ketones (excluding diaryl/α,β-unsaturated/α-hetero) is 1. The van der Waals surface area contributed by atoms with Crippen molar-refractivity contribution in [2.24, 2.45) is 11.3 Å². The summed E-state index contributed by atoms with van der Waals surface area (Å²) in [7, 11) is 0. The number of hydrogen-bond donors (Lipinski definition) is 1. The highest BCUT2D eigenvalue weighted by atomic mass is 16.5. The SMILES string of the molecule is CC(=O)OC[C@]1(C(=O)O)CCC[C@]2(C)c3ccc(C(C)=O)cc3CCC12. The van der Waals surface area contributed by atoms with Crippen LogP contribution < -0.4 is 0 Å². The molecule has 2 aliphatic carbocycles. The van der Waals surface area contributed by atoms with Crippen molar-refractivity contribution in [2.75, 3.05) is 6.61 Å². The van der Waals surface area contributed by atoms with Gasteiger partial charge in [-0.25, -0.2) is 0 Å². The number of aliphatic carboxylic acids is 1. The molecule has 1 aromatic carbocycles. The van der Waals surface area contributed by atoms with Crippen LogP contribution in [0.4, 0.5) is 0 Å². The van der Waals surface area contributed by atoms with Crippen LogP contribution in [0.1, 0.15) is 67.9 Å². The molecule has 0 saturated heterocycles. The molecule has 1 N–H and O–H groups in total. The molecule has 0 radical (unpaired) electrons. The Hall–Kier alpha value is -2.17. The maximum absolute atomic E-state index is 12.3. The lowest BCUT2D eigenvalue weighted by Crippen LogP contribution is -2.56. The molecule has 0 bridgehead atoms. The quantitative estimate of drug-likeness (QED) is 0.658. The fraction of sp³-hybridized carbons (Fsp3) is 0.571. The van der Waals surface area contributed by atoms with E-state index in [1.807, 2.05) is 18.2 Å². The van der Waals surface area contributed by atoms with Gasteiger partial charge in [-0.1, -0.05) is 25.5 Å². The molecular formula is C21H26O5. The summed E-state index contributed by atoms with van der Waals surface area (Å²) in [4.78, 5) is 35.4. The van der Waals surface area contributed by atoms with Gasteiger partial charge >= 0.3 is 11.9 Å². The molecule has 0 heterocycles. The van der Waals surface area contributed by atoms with E-state index in [4.69, 9.17) is 4.74 Å². The van der Waals surface area contributed by atoms with Crippen LogP contribution in [0.25, 0.3) is 0 Å². The summed E-state index contributed by atoms with van der Waals surface area (Å²) in [6, 6.07) is 5.81. The predicted molar refractivity (Wildman–Crippen MR) is 96.2 cm³/mol. The number of ketones is 1. The molecule has 2 aliphatic rings. The summed E-state index contributed by atoms with van der Waals surface area (Å²) >= 11 is 0. The van der Waals surface area contributed by atoms with Gasteiger partial charge in [0, 0.05) is 12.5 Å². The van der Waals surface area contributed by atoms with Crippen molar-refractivity contribution in [3.63, 3.8) is 0 Å². The van der Waals surface area contributed by atoms with Gasteiger partial charge in [0.1, 0.15) is 12.0 Å². The van der Waals surface area contributed by atoms with Gasteiger partial charge in [0.25, 0.3) is 0 Å². The van der Waals surface area contributed by atoms with Crippen molar-refractivity contribution in [1.82, 2.24) is 0 Å². The van der Waals surface area contributed by atoms with E-state index in [-0.39, 0.29) is 23.7 Å². The van der Waals surface area contributed by atoms with Gasteiger partial charge in [-0.15, -0.1) is 0 Å². The van der Waals surface area contributed by atoms with E-state index >= 15 is 0 Å². The molecule has 26 heavy (non-hydrogen) atoms. The monoisotopic (exact) mass is 358 g/mol. The van der Waals surface area contributed by atoms with Crippen LogP contribution in [0.2, 0.25) is 0 Å². The largest absolute Gasteiger partial charge is 0.481 e. The summed E-state index contributed by atoms with van der Waals surface area (Å²) in [5, 5.41) is 10.1. The molecule has 5 nitrogen and oxygen atoms in total. The normalized spacial score (nSPS) is 30.0. The minimum atomic E-state index is -1.05. The van der Waals surface area contributed by atoms with E-state index in [1.165, 1.54) is 6.92 Å². The van der Waals surface area contributed by atoms with E-state index in [9.17, 15) is 19.5 Å². The molecule has 0 aromatic heterocycles. The predicted octanol–water partition coefficient (Wildman–Crippen LogP) is 3.53. The lowest BCUT2D eigenvalue weighted by Gasteiger charge is -2.54. The number of benzene rings is 1. The fourth-order valence-corrected chi connectivity index (χ4v) is 5.24. The van der Waals surface area contributed by atoms with Crippen LogP contribution in [0.15, 0.2) is 18.2 Å². The Kier molecular flexibility index (Phi) is 4.67. The van der Waals surface area contributed by atoms with Crippen molar-refractivity contribution in [3.05, 3.63) is 34.9 Å². The van der Waals surface area contributed by atoms with E-state index in [0.29, 0.717) is 12.0 Å². The van der Waals surface area contributed by atoms with Crippen LogP contribution in [0.3, 0.4) is 0 Å². The average molecular weight is 358 g/mol. The molecule has 1 unspecified atom stereocenters. The van der Waals surface area contributed by atoms with Crippen molar-refractivity contribution in [1.29, 1.82) is 0 Å². The Morgan fingerprint density at radius 3 is 2.58 bits per heavy atom. The summed E-state index contributed by atoms with van der Waals surface area (Å²) in [5.41, 5.74) is 1.65. The van der Waals surface area contributed by atoms with Gasteiger partial charge in [0.15, 0.2) is 5.78 Å². The van der Waals surface area contributed by atoms with Gasteiger partial charge in [-0.3, -0.25) is 14.4 Å². The maximum Gasteiger partial charge on any atom is 0.313 e. The third kappa shape index (κ3) is 2.83. The van der Waals surface area contributed by atoms with Crippen molar-refractivity contribution in [3.8, 4) is 0 Å². The second-order valence-corrected chi connectivity index (χ2v) is 8.03. The molecule has 0 amide bonds. The minimum absolute atomic E-state index is 0.0402. The van der Waals surface area contributed by atoms with Gasteiger partial charge in [-0.05, 0) is 61.1 Å². The van der Waals surface area contributed by atoms with Crippen molar-refractivity contribution < 1.29 is 24.2 Å². The zero-order chi connectivity index (χ0) is 19.1. The highest BCUT2D eigenvalue weighted by Crippen LogP contribution is 2.57. The van der Waals surface area contributed by atoms with Crippen molar-refractivity contribution in [2.45, 2.75) is 58.3 Å². The van der Waals surface area contributed by atoms with Crippen LogP contribution in [-0.2, 0) is 26.2 Å². The van der Waals surface area contributed by atoms with Gasteiger partial charge in [0.05, 0.1) is 0 Å². The first-order valence-corrected chi connectivity index (χ1v) is 9.22. The molecule has 0 spiro atoms. The van der Waals surface area contributed by atoms with Gasteiger partial charge < -0.3 is 9.84 Å². The number of hydrogen-bond acceptors (Lipinski definition) is 4. The molecule has 0 aliphatic heterocycles. The molecule has 3 atom stereocenters. The second-order valence-electron chi connectivity index (χ2n) is 8.03. The first kappa shape index (κ1) is 18.6. The van der Waals surface area contributed by atoms with E-state index in [0.717, 1.165) is 36.8 Å². The lowest BCUT2D eigenvalue weighted by atomic mass is 9.49. The molecular weight excluding hydrogens is 332 g/mol. The fourth-order valence-electron chi connectivity index (χ4n) is 5.24. The molecule has 5 heteroatoms.